The number of nitrogens with two attached hydrogens (primary N) is 1. The van der Waals surface area contributed by atoms with Crippen molar-refractivity contribution >= 4 is 11.7 Å². The number of aliphatic hydroxyl groups is 1. The van der Waals surface area contributed by atoms with E-state index in [9.17, 15) is 0 Å². The number of ether oxygens (including phenoxy) is 1. The molecule has 100 valence electrons. The zero-order chi connectivity index (χ0) is 13.5. The molecule has 18 heavy (non-hydrogen) atoms. The molecule has 0 saturated heterocycles. The topological polar surface area (TPSA) is 95.5 Å². The van der Waals surface area contributed by atoms with Crippen LogP contribution >= 0.6 is 0 Å². The van der Waals surface area contributed by atoms with Crippen LogP contribution in [0.25, 0.3) is 0 Å². The standard InChI is InChI=1S/C12H20N4O2/c1-9-3-4-10(11(13)14)12(15-9)16(5-7-17)6-8-18-2/h3-4,17H,5-8H2,1-2H3,(H3,13,14). The van der Waals surface area contributed by atoms with E-state index in [0.29, 0.717) is 31.1 Å². The first kappa shape index (κ1) is 14.4. The molecule has 0 aromatic carbocycles. The quantitative estimate of drug-likeness (QED) is 0.473. The Morgan fingerprint density at radius 2 is 2.22 bits per heavy atom. The molecule has 0 aliphatic rings. The lowest BCUT2D eigenvalue weighted by Gasteiger charge is -2.24. The maximum atomic E-state index is 9.10. The lowest BCUT2D eigenvalue weighted by atomic mass is 10.2. The maximum absolute atomic E-state index is 9.10. The van der Waals surface area contributed by atoms with E-state index in [1.54, 1.807) is 13.2 Å². The minimum absolute atomic E-state index is 0.0106. The van der Waals surface area contributed by atoms with Crippen LogP contribution in [0.4, 0.5) is 5.82 Å². The van der Waals surface area contributed by atoms with E-state index in [-0.39, 0.29) is 12.4 Å². The summed E-state index contributed by atoms with van der Waals surface area (Å²) in [4.78, 5) is 6.27. The average molecular weight is 252 g/mol. The van der Waals surface area contributed by atoms with Crippen LogP contribution in [0.2, 0.25) is 0 Å². The van der Waals surface area contributed by atoms with Crippen LogP contribution in [-0.2, 0) is 4.74 Å². The molecule has 1 aromatic rings. The highest BCUT2D eigenvalue weighted by Crippen LogP contribution is 2.17. The van der Waals surface area contributed by atoms with Crippen molar-refractivity contribution in [2.75, 3.05) is 38.3 Å². The number of nitrogens with zero attached hydrogens (tertiary/aromatic N) is 2. The van der Waals surface area contributed by atoms with Crippen molar-refractivity contribution < 1.29 is 9.84 Å². The predicted molar refractivity (Wildman–Crippen MR) is 71.2 cm³/mol. The second-order valence-corrected chi connectivity index (χ2v) is 3.94. The predicted octanol–water partition coefficient (Wildman–Crippen LogP) is 0.119. The number of anilines is 1. The molecule has 1 aromatic heterocycles. The highest BCUT2D eigenvalue weighted by Gasteiger charge is 2.14. The first-order valence-corrected chi connectivity index (χ1v) is 5.77. The van der Waals surface area contributed by atoms with E-state index in [0.717, 1.165) is 5.69 Å². The van der Waals surface area contributed by atoms with Gasteiger partial charge in [0.1, 0.15) is 11.7 Å². The molecule has 0 fully saturated rings. The number of nitrogen functional groups attached to an aromatic ring is 1. The molecular formula is C12H20N4O2. The third-order valence-electron chi connectivity index (χ3n) is 2.54. The fourth-order valence-electron chi connectivity index (χ4n) is 1.64. The summed E-state index contributed by atoms with van der Waals surface area (Å²) in [7, 11) is 1.62. The lowest BCUT2D eigenvalue weighted by Crippen LogP contribution is -2.33. The maximum Gasteiger partial charge on any atom is 0.139 e. The first-order chi connectivity index (χ1) is 8.60. The van der Waals surface area contributed by atoms with Crippen molar-refractivity contribution in [1.82, 2.24) is 4.98 Å². The van der Waals surface area contributed by atoms with E-state index < -0.39 is 0 Å². The summed E-state index contributed by atoms with van der Waals surface area (Å²) < 4.78 is 5.03. The Morgan fingerprint density at radius 1 is 1.50 bits per heavy atom. The highest BCUT2D eigenvalue weighted by atomic mass is 16.5. The lowest BCUT2D eigenvalue weighted by molar-refractivity contribution is 0.202. The van der Waals surface area contributed by atoms with Gasteiger partial charge < -0.3 is 20.5 Å². The van der Waals surface area contributed by atoms with Crippen molar-refractivity contribution in [1.29, 1.82) is 5.41 Å². The molecule has 0 saturated carbocycles. The van der Waals surface area contributed by atoms with Gasteiger partial charge in [-0.05, 0) is 19.1 Å². The van der Waals surface area contributed by atoms with Crippen molar-refractivity contribution in [3.63, 3.8) is 0 Å². The summed E-state index contributed by atoms with van der Waals surface area (Å²) in [6, 6.07) is 3.59. The van der Waals surface area contributed by atoms with Gasteiger partial charge in [0.25, 0.3) is 0 Å². The van der Waals surface area contributed by atoms with Gasteiger partial charge in [0, 0.05) is 25.9 Å². The highest BCUT2D eigenvalue weighted by molar-refractivity contribution is 5.99. The zero-order valence-corrected chi connectivity index (χ0v) is 10.8. The molecular weight excluding hydrogens is 232 g/mol. The molecule has 0 spiro atoms. The molecule has 0 atom stereocenters. The second kappa shape index (κ2) is 6.93. The van der Waals surface area contributed by atoms with Gasteiger partial charge in [-0.1, -0.05) is 0 Å². The van der Waals surface area contributed by atoms with Crippen molar-refractivity contribution in [2.24, 2.45) is 5.73 Å². The fraction of sp³-hybridized carbons (Fsp3) is 0.500. The first-order valence-electron chi connectivity index (χ1n) is 5.77. The van der Waals surface area contributed by atoms with E-state index in [2.05, 4.69) is 4.98 Å². The summed E-state index contributed by atoms with van der Waals surface area (Å²) in [5.74, 6) is 0.589. The van der Waals surface area contributed by atoms with E-state index >= 15 is 0 Å². The van der Waals surface area contributed by atoms with Gasteiger partial charge in [-0.3, -0.25) is 5.41 Å². The number of aromatic nitrogens is 1. The molecule has 1 rings (SSSR count). The number of hydrogen-bond donors (Lipinski definition) is 3. The largest absolute Gasteiger partial charge is 0.395 e. The number of hydrogen-bond acceptors (Lipinski definition) is 5. The van der Waals surface area contributed by atoms with Gasteiger partial charge in [-0.2, -0.15) is 0 Å². The smallest absolute Gasteiger partial charge is 0.139 e. The molecule has 4 N–H and O–H groups in total. The number of pyridine rings is 1. The Balaban J connectivity index is 3.07. The molecule has 6 nitrogen and oxygen atoms in total. The van der Waals surface area contributed by atoms with Crippen LogP contribution < -0.4 is 10.6 Å². The number of nitrogens with one attached hydrogen (secondary N) is 1. The summed E-state index contributed by atoms with van der Waals surface area (Å²) in [6.45, 7) is 3.43. The van der Waals surface area contributed by atoms with Crippen LogP contribution in [0, 0.1) is 12.3 Å². The molecule has 0 unspecified atom stereocenters. The van der Waals surface area contributed by atoms with E-state index in [1.165, 1.54) is 0 Å². The fourth-order valence-corrected chi connectivity index (χ4v) is 1.64. The van der Waals surface area contributed by atoms with Crippen LogP contribution in [0.5, 0.6) is 0 Å². The van der Waals surface area contributed by atoms with Crippen molar-refractivity contribution in [3.05, 3.63) is 23.4 Å². The second-order valence-electron chi connectivity index (χ2n) is 3.94. The van der Waals surface area contributed by atoms with Gasteiger partial charge in [0.15, 0.2) is 0 Å². The minimum Gasteiger partial charge on any atom is -0.395 e. The van der Waals surface area contributed by atoms with Gasteiger partial charge >= 0.3 is 0 Å². The third kappa shape index (κ3) is 3.68. The SMILES string of the molecule is COCCN(CCO)c1nc(C)ccc1C(=N)N. The molecule has 0 amide bonds. The van der Waals surface area contributed by atoms with E-state index in [4.69, 9.17) is 21.0 Å². The average Bonchev–Trinajstić information content (AvgIpc) is 2.34. The Hall–Kier alpha value is -1.66. The normalized spacial score (nSPS) is 10.4. The van der Waals surface area contributed by atoms with Gasteiger partial charge in [0.05, 0.1) is 18.8 Å². The van der Waals surface area contributed by atoms with Crippen LogP contribution in [-0.4, -0.2) is 49.3 Å². The molecule has 6 heteroatoms. The van der Waals surface area contributed by atoms with E-state index in [1.807, 2.05) is 17.9 Å². The number of amidine groups is 1. The summed E-state index contributed by atoms with van der Waals surface area (Å²) >= 11 is 0. The van der Waals surface area contributed by atoms with Crippen LogP contribution in [0.1, 0.15) is 11.3 Å². The number of aryl methyl sites for hydroxylation is 1. The molecule has 0 bridgehead atoms. The Labute approximate surface area is 107 Å². The Morgan fingerprint density at radius 3 is 2.78 bits per heavy atom. The molecule has 1 heterocycles. The van der Waals surface area contributed by atoms with Crippen molar-refractivity contribution in [2.45, 2.75) is 6.92 Å². The van der Waals surface area contributed by atoms with Gasteiger partial charge in [-0.25, -0.2) is 4.98 Å². The summed E-state index contributed by atoms with van der Waals surface area (Å²) in [5, 5.41) is 16.7. The Bertz CT molecular complexity index is 409. The van der Waals surface area contributed by atoms with Gasteiger partial charge in [0.2, 0.25) is 0 Å². The molecule has 0 aliphatic heterocycles. The summed E-state index contributed by atoms with van der Waals surface area (Å²) in [5.41, 5.74) is 6.97. The number of rotatable bonds is 7. The van der Waals surface area contributed by atoms with Crippen LogP contribution in [0.3, 0.4) is 0 Å². The monoisotopic (exact) mass is 252 g/mol. The molecule has 0 aliphatic carbocycles. The molecule has 0 radical (unpaired) electrons. The van der Waals surface area contributed by atoms with Crippen molar-refractivity contribution in [3.8, 4) is 0 Å². The third-order valence-corrected chi connectivity index (χ3v) is 2.54. The van der Waals surface area contributed by atoms with Crippen LogP contribution in [0.15, 0.2) is 12.1 Å². The number of aliphatic hydroxyl groups excluding tert-OH is 1. The number of methoxy groups -OCH3 is 1. The zero-order valence-electron chi connectivity index (χ0n) is 10.8. The summed E-state index contributed by atoms with van der Waals surface area (Å²) in [6.07, 6.45) is 0. The van der Waals surface area contributed by atoms with Gasteiger partial charge in [-0.15, -0.1) is 0 Å². The Kier molecular flexibility index (Phi) is 5.54. The minimum atomic E-state index is -0.0298.